The Labute approximate surface area is 122 Å². The molecular formula is C16H17FN2O2. The van der Waals surface area contributed by atoms with Crippen LogP contribution in [0.1, 0.15) is 12.5 Å². The summed E-state index contributed by atoms with van der Waals surface area (Å²) in [7, 11) is 0. The van der Waals surface area contributed by atoms with Crippen LogP contribution in [-0.2, 0) is 11.2 Å². The zero-order valence-corrected chi connectivity index (χ0v) is 11.7. The van der Waals surface area contributed by atoms with Gasteiger partial charge in [-0.3, -0.25) is 4.79 Å². The molecule has 0 aliphatic rings. The first-order chi connectivity index (χ1) is 10.1. The number of carbonyl (C=O) groups excluding carboxylic acids is 1. The highest BCUT2D eigenvalue weighted by molar-refractivity contribution is 5.93. The van der Waals surface area contributed by atoms with Crippen LogP contribution in [0.3, 0.4) is 0 Å². The van der Waals surface area contributed by atoms with Crippen molar-refractivity contribution < 1.29 is 13.9 Å². The number of carbonyl (C=O) groups is 1. The van der Waals surface area contributed by atoms with Crippen LogP contribution in [0.4, 0.5) is 15.8 Å². The van der Waals surface area contributed by atoms with Gasteiger partial charge < -0.3 is 15.8 Å². The van der Waals surface area contributed by atoms with Crippen LogP contribution >= 0.6 is 0 Å². The molecule has 2 rings (SSSR count). The first kappa shape index (κ1) is 14.8. The molecule has 0 aliphatic heterocycles. The van der Waals surface area contributed by atoms with Crippen molar-refractivity contribution in [2.45, 2.75) is 13.3 Å². The highest BCUT2D eigenvalue weighted by atomic mass is 19.1. The summed E-state index contributed by atoms with van der Waals surface area (Å²) in [6, 6.07) is 11.1. The third-order valence-corrected chi connectivity index (χ3v) is 2.83. The molecule has 0 spiro atoms. The van der Waals surface area contributed by atoms with Crippen LogP contribution in [0.2, 0.25) is 0 Å². The van der Waals surface area contributed by atoms with Crippen molar-refractivity contribution in [3.63, 3.8) is 0 Å². The van der Waals surface area contributed by atoms with Crippen molar-refractivity contribution in [3.8, 4) is 5.75 Å². The number of nitrogens with two attached hydrogens (primary N) is 1. The smallest absolute Gasteiger partial charge is 0.228 e. The minimum Gasteiger partial charge on any atom is -0.492 e. The molecule has 2 aromatic rings. The quantitative estimate of drug-likeness (QED) is 0.831. The largest absolute Gasteiger partial charge is 0.492 e. The van der Waals surface area contributed by atoms with Gasteiger partial charge in [-0.25, -0.2) is 4.39 Å². The number of rotatable bonds is 5. The number of nitrogens with one attached hydrogen (secondary N) is 1. The van der Waals surface area contributed by atoms with E-state index in [-0.39, 0.29) is 12.3 Å². The molecule has 0 fully saturated rings. The minimum absolute atomic E-state index is 0.188. The fourth-order valence-corrected chi connectivity index (χ4v) is 1.96. The topological polar surface area (TPSA) is 64.3 Å². The van der Waals surface area contributed by atoms with E-state index in [1.807, 2.05) is 6.07 Å². The number of ether oxygens (including phenoxy) is 1. The lowest BCUT2D eigenvalue weighted by Crippen LogP contribution is -2.15. The van der Waals surface area contributed by atoms with Crippen molar-refractivity contribution in [1.29, 1.82) is 0 Å². The number of halogens is 1. The lowest BCUT2D eigenvalue weighted by atomic mass is 10.1. The maximum atomic E-state index is 13.2. The van der Waals surface area contributed by atoms with E-state index in [0.29, 0.717) is 23.7 Å². The number of amides is 1. The second kappa shape index (κ2) is 6.74. The summed E-state index contributed by atoms with van der Waals surface area (Å²) in [4.78, 5) is 12.0. The summed E-state index contributed by atoms with van der Waals surface area (Å²) in [6.45, 7) is 2.19. The van der Waals surface area contributed by atoms with Crippen molar-refractivity contribution >= 4 is 17.3 Å². The predicted octanol–water partition coefficient (Wildman–Crippen LogP) is 2.99. The van der Waals surface area contributed by atoms with Crippen molar-refractivity contribution in [2.75, 3.05) is 17.7 Å². The van der Waals surface area contributed by atoms with Crippen LogP contribution < -0.4 is 15.8 Å². The van der Waals surface area contributed by atoms with E-state index in [0.717, 1.165) is 5.56 Å². The van der Waals surface area contributed by atoms with Gasteiger partial charge >= 0.3 is 0 Å². The molecule has 110 valence electrons. The predicted molar refractivity (Wildman–Crippen MR) is 80.8 cm³/mol. The Morgan fingerprint density at radius 3 is 2.81 bits per heavy atom. The third kappa shape index (κ3) is 4.21. The molecule has 5 heteroatoms. The Hall–Kier alpha value is -2.56. The first-order valence-corrected chi connectivity index (χ1v) is 6.65. The van der Waals surface area contributed by atoms with Gasteiger partial charge in [-0.2, -0.15) is 0 Å². The summed E-state index contributed by atoms with van der Waals surface area (Å²) in [5.74, 6) is -0.307. The second-order valence-electron chi connectivity index (χ2n) is 4.54. The molecule has 2 aromatic carbocycles. The minimum atomic E-state index is -0.410. The zero-order chi connectivity index (χ0) is 15.2. The van der Waals surface area contributed by atoms with Crippen molar-refractivity contribution in [2.24, 2.45) is 0 Å². The summed E-state index contributed by atoms with van der Waals surface area (Å²) in [5.41, 5.74) is 7.55. The molecule has 0 atom stereocenters. The molecule has 0 heterocycles. The van der Waals surface area contributed by atoms with E-state index in [2.05, 4.69) is 5.32 Å². The molecule has 1 amide bonds. The van der Waals surface area contributed by atoms with E-state index < -0.39 is 5.82 Å². The normalized spacial score (nSPS) is 10.2. The molecular weight excluding hydrogens is 271 g/mol. The molecule has 0 saturated carbocycles. The molecule has 21 heavy (non-hydrogen) atoms. The average Bonchev–Trinajstić information content (AvgIpc) is 2.42. The molecule has 0 bridgehead atoms. The molecule has 0 aliphatic carbocycles. The van der Waals surface area contributed by atoms with Crippen LogP contribution in [0.5, 0.6) is 5.75 Å². The molecule has 0 radical (unpaired) electrons. The van der Waals surface area contributed by atoms with Gasteiger partial charge in [0.2, 0.25) is 5.91 Å². The van der Waals surface area contributed by atoms with Gasteiger partial charge in [0.1, 0.15) is 11.6 Å². The maximum Gasteiger partial charge on any atom is 0.228 e. The van der Waals surface area contributed by atoms with E-state index >= 15 is 0 Å². The van der Waals surface area contributed by atoms with Gasteiger partial charge in [0.05, 0.1) is 18.7 Å². The lowest BCUT2D eigenvalue weighted by Gasteiger charge is -2.11. The highest BCUT2D eigenvalue weighted by Crippen LogP contribution is 2.25. The summed E-state index contributed by atoms with van der Waals surface area (Å²) >= 11 is 0. The van der Waals surface area contributed by atoms with Gasteiger partial charge in [-0.05, 0) is 36.8 Å². The molecule has 0 aromatic heterocycles. The standard InChI is InChI=1S/C16H17FN2O2/c1-2-21-15-10-12(17)6-7-14(15)19-16(20)9-11-4-3-5-13(18)8-11/h3-8,10H,2,9,18H2,1H3,(H,19,20). The molecule has 4 nitrogen and oxygen atoms in total. The summed E-state index contributed by atoms with van der Waals surface area (Å²) in [6.07, 6.45) is 0.188. The Bertz CT molecular complexity index is 644. The van der Waals surface area contributed by atoms with Gasteiger partial charge in [0, 0.05) is 11.8 Å². The monoisotopic (exact) mass is 288 g/mol. The van der Waals surface area contributed by atoms with Crippen molar-refractivity contribution in [3.05, 3.63) is 53.8 Å². The maximum absolute atomic E-state index is 13.2. The number of hydrogen-bond acceptors (Lipinski definition) is 3. The Balaban J connectivity index is 2.09. The third-order valence-electron chi connectivity index (χ3n) is 2.83. The van der Waals surface area contributed by atoms with E-state index in [9.17, 15) is 9.18 Å². The summed E-state index contributed by atoms with van der Waals surface area (Å²) < 4.78 is 18.5. The van der Waals surface area contributed by atoms with Gasteiger partial charge in [-0.1, -0.05) is 12.1 Å². The van der Waals surface area contributed by atoms with E-state index in [1.165, 1.54) is 18.2 Å². The van der Waals surface area contributed by atoms with Crippen LogP contribution in [0, 0.1) is 5.82 Å². The Morgan fingerprint density at radius 1 is 1.29 bits per heavy atom. The van der Waals surface area contributed by atoms with Crippen LogP contribution in [-0.4, -0.2) is 12.5 Å². The fraction of sp³-hybridized carbons (Fsp3) is 0.188. The van der Waals surface area contributed by atoms with E-state index in [4.69, 9.17) is 10.5 Å². The van der Waals surface area contributed by atoms with Crippen molar-refractivity contribution in [1.82, 2.24) is 0 Å². The van der Waals surface area contributed by atoms with E-state index in [1.54, 1.807) is 25.1 Å². The number of benzene rings is 2. The molecule has 3 N–H and O–H groups in total. The SMILES string of the molecule is CCOc1cc(F)ccc1NC(=O)Cc1cccc(N)c1. The Kier molecular flexibility index (Phi) is 4.77. The second-order valence-corrected chi connectivity index (χ2v) is 4.54. The lowest BCUT2D eigenvalue weighted by molar-refractivity contribution is -0.115. The summed E-state index contributed by atoms with van der Waals surface area (Å²) in [5, 5.41) is 2.72. The van der Waals surface area contributed by atoms with Gasteiger partial charge in [-0.15, -0.1) is 0 Å². The fourth-order valence-electron chi connectivity index (χ4n) is 1.96. The molecule has 0 saturated heterocycles. The van der Waals surface area contributed by atoms with Crippen LogP contribution in [0.25, 0.3) is 0 Å². The number of anilines is 2. The molecule has 0 unspecified atom stereocenters. The number of hydrogen-bond donors (Lipinski definition) is 2. The average molecular weight is 288 g/mol. The van der Waals surface area contributed by atoms with Crippen LogP contribution in [0.15, 0.2) is 42.5 Å². The Morgan fingerprint density at radius 2 is 2.10 bits per heavy atom. The first-order valence-electron chi connectivity index (χ1n) is 6.65. The number of nitrogen functional groups attached to an aromatic ring is 1. The zero-order valence-electron chi connectivity index (χ0n) is 11.7. The highest BCUT2D eigenvalue weighted by Gasteiger charge is 2.10. The van der Waals surface area contributed by atoms with Gasteiger partial charge in [0.15, 0.2) is 0 Å². The van der Waals surface area contributed by atoms with Gasteiger partial charge in [0.25, 0.3) is 0 Å².